The first kappa shape index (κ1) is 15.4. The molecule has 2 N–H and O–H groups in total. The summed E-state index contributed by atoms with van der Waals surface area (Å²) in [5, 5.41) is 12.4. The van der Waals surface area contributed by atoms with Crippen molar-refractivity contribution in [3.8, 4) is 0 Å². The fourth-order valence-corrected chi connectivity index (χ4v) is 2.36. The van der Waals surface area contributed by atoms with E-state index < -0.39 is 5.97 Å². The Morgan fingerprint density at radius 1 is 1.33 bits per heavy atom. The Labute approximate surface area is 109 Å². The molecule has 0 unspecified atom stereocenters. The summed E-state index contributed by atoms with van der Waals surface area (Å²) in [4.78, 5) is 13.1. The van der Waals surface area contributed by atoms with Gasteiger partial charge in [-0.1, -0.05) is 0 Å². The lowest BCUT2D eigenvalue weighted by Crippen LogP contribution is -2.39. The molecule has 0 aromatic rings. The second-order valence-corrected chi connectivity index (χ2v) is 5.14. The van der Waals surface area contributed by atoms with Crippen LogP contribution < -0.4 is 5.32 Å². The van der Waals surface area contributed by atoms with Crippen LogP contribution in [0.2, 0.25) is 0 Å². The number of nitrogens with one attached hydrogen (secondary N) is 1. The van der Waals surface area contributed by atoms with E-state index in [9.17, 15) is 4.79 Å². The Hall–Kier alpha value is -0.650. The number of aliphatic carboxylic acids is 1. The molecule has 106 valence electrons. The molecule has 0 aromatic carbocycles. The van der Waals surface area contributed by atoms with Gasteiger partial charge in [-0.2, -0.15) is 0 Å². The van der Waals surface area contributed by atoms with E-state index in [1.807, 2.05) is 0 Å². The van der Waals surface area contributed by atoms with Crippen LogP contribution in [-0.4, -0.2) is 62.4 Å². The number of hydrogen-bond donors (Lipinski definition) is 2. The molecule has 0 bridgehead atoms. The summed E-state index contributed by atoms with van der Waals surface area (Å²) < 4.78 is 5.03. The van der Waals surface area contributed by atoms with Crippen LogP contribution in [0.5, 0.6) is 0 Å². The van der Waals surface area contributed by atoms with Crippen LogP contribution in [0.1, 0.15) is 25.7 Å². The molecule has 1 aliphatic carbocycles. The van der Waals surface area contributed by atoms with Crippen LogP contribution >= 0.6 is 0 Å². The van der Waals surface area contributed by atoms with E-state index in [-0.39, 0.29) is 5.92 Å². The number of carboxylic acids is 1. The van der Waals surface area contributed by atoms with Gasteiger partial charge in [-0.05, 0) is 32.7 Å². The quantitative estimate of drug-likeness (QED) is 0.674. The summed E-state index contributed by atoms with van der Waals surface area (Å²) in [7, 11) is 3.80. The highest BCUT2D eigenvalue weighted by molar-refractivity contribution is 5.70. The van der Waals surface area contributed by atoms with E-state index in [0.717, 1.165) is 51.9 Å². The Morgan fingerprint density at radius 3 is 2.56 bits per heavy atom. The van der Waals surface area contributed by atoms with Crippen molar-refractivity contribution in [1.82, 2.24) is 10.2 Å². The largest absolute Gasteiger partial charge is 0.481 e. The van der Waals surface area contributed by atoms with Crippen LogP contribution in [0.25, 0.3) is 0 Å². The molecule has 1 saturated carbocycles. The number of methoxy groups -OCH3 is 1. The minimum Gasteiger partial charge on any atom is -0.481 e. The first-order valence-electron chi connectivity index (χ1n) is 6.77. The number of nitrogens with zero attached hydrogens (tertiary/aromatic N) is 1. The van der Waals surface area contributed by atoms with Crippen LogP contribution in [0.15, 0.2) is 0 Å². The van der Waals surface area contributed by atoms with Gasteiger partial charge in [0.15, 0.2) is 0 Å². The molecule has 1 fully saturated rings. The van der Waals surface area contributed by atoms with Gasteiger partial charge in [-0.15, -0.1) is 0 Å². The first-order valence-corrected chi connectivity index (χ1v) is 6.77. The monoisotopic (exact) mass is 258 g/mol. The van der Waals surface area contributed by atoms with Crippen molar-refractivity contribution >= 4 is 5.97 Å². The molecular weight excluding hydrogens is 232 g/mol. The molecule has 0 atom stereocenters. The third-order valence-corrected chi connectivity index (χ3v) is 3.68. The van der Waals surface area contributed by atoms with Crippen molar-refractivity contribution in [1.29, 1.82) is 0 Å². The first-order chi connectivity index (χ1) is 8.63. The maximum atomic E-state index is 10.8. The van der Waals surface area contributed by atoms with Gasteiger partial charge in [0.1, 0.15) is 0 Å². The van der Waals surface area contributed by atoms with Gasteiger partial charge in [0.05, 0.1) is 12.5 Å². The lowest BCUT2D eigenvalue weighted by atomic mass is 9.86. The van der Waals surface area contributed by atoms with Crippen LogP contribution in [0, 0.1) is 5.92 Å². The average Bonchev–Trinajstić information content (AvgIpc) is 2.37. The molecule has 0 amide bonds. The van der Waals surface area contributed by atoms with Gasteiger partial charge in [-0.3, -0.25) is 4.79 Å². The van der Waals surface area contributed by atoms with E-state index in [0.29, 0.717) is 6.04 Å². The second kappa shape index (κ2) is 8.45. The van der Waals surface area contributed by atoms with Crippen LogP contribution in [0.4, 0.5) is 0 Å². The smallest absolute Gasteiger partial charge is 0.306 e. The van der Waals surface area contributed by atoms with Crippen molar-refractivity contribution in [2.24, 2.45) is 5.92 Å². The van der Waals surface area contributed by atoms with E-state index in [4.69, 9.17) is 9.84 Å². The average molecular weight is 258 g/mol. The zero-order valence-corrected chi connectivity index (χ0v) is 11.5. The molecular formula is C13H26N2O3. The Balaban J connectivity index is 2.05. The molecule has 0 saturated heterocycles. The topological polar surface area (TPSA) is 61.8 Å². The second-order valence-electron chi connectivity index (χ2n) is 5.14. The van der Waals surface area contributed by atoms with Gasteiger partial charge in [0.25, 0.3) is 0 Å². The van der Waals surface area contributed by atoms with E-state index in [1.165, 1.54) is 0 Å². The van der Waals surface area contributed by atoms with Crippen LogP contribution in [0.3, 0.4) is 0 Å². The van der Waals surface area contributed by atoms with Gasteiger partial charge in [0, 0.05) is 32.8 Å². The van der Waals surface area contributed by atoms with Crippen LogP contribution in [-0.2, 0) is 9.53 Å². The lowest BCUT2D eigenvalue weighted by Gasteiger charge is -2.27. The Bertz CT molecular complexity index is 240. The van der Waals surface area contributed by atoms with E-state index in [1.54, 1.807) is 7.11 Å². The maximum Gasteiger partial charge on any atom is 0.306 e. The lowest BCUT2D eigenvalue weighted by molar-refractivity contribution is -0.142. The number of rotatable bonds is 8. The summed E-state index contributed by atoms with van der Waals surface area (Å²) in [6.45, 7) is 3.68. The third-order valence-electron chi connectivity index (χ3n) is 3.68. The van der Waals surface area contributed by atoms with Crippen molar-refractivity contribution in [2.75, 3.05) is 40.4 Å². The number of hydrogen-bond acceptors (Lipinski definition) is 4. The highest BCUT2D eigenvalue weighted by atomic mass is 16.5. The molecule has 0 aromatic heterocycles. The van der Waals surface area contributed by atoms with Crippen molar-refractivity contribution in [3.05, 3.63) is 0 Å². The summed E-state index contributed by atoms with van der Waals surface area (Å²) in [5.74, 6) is -0.750. The Morgan fingerprint density at radius 2 is 2.00 bits per heavy atom. The molecule has 0 heterocycles. The predicted octanol–water partition coefficient (Wildman–Crippen LogP) is 0.798. The summed E-state index contributed by atoms with van der Waals surface area (Å²) in [6.07, 6.45) is 3.59. The highest BCUT2D eigenvalue weighted by Gasteiger charge is 2.25. The zero-order chi connectivity index (χ0) is 13.4. The number of carboxylic acid groups (broad SMARTS) is 1. The predicted molar refractivity (Wildman–Crippen MR) is 70.8 cm³/mol. The summed E-state index contributed by atoms with van der Waals surface area (Å²) >= 11 is 0. The molecule has 0 radical (unpaired) electrons. The fourth-order valence-electron chi connectivity index (χ4n) is 2.36. The number of carbonyl (C=O) groups is 1. The number of ether oxygens (including phenoxy) is 1. The molecule has 0 spiro atoms. The summed E-state index contributed by atoms with van der Waals surface area (Å²) in [5.41, 5.74) is 0. The molecule has 0 aliphatic heterocycles. The van der Waals surface area contributed by atoms with Gasteiger partial charge < -0.3 is 20.1 Å². The molecule has 1 aliphatic rings. The molecule has 1 rings (SSSR count). The van der Waals surface area contributed by atoms with Gasteiger partial charge in [-0.25, -0.2) is 0 Å². The minimum absolute atomic E-state index is 0.118. The summed E-state index contributed by atoms with van der Waals surface area (Å²) in [6, 6.07) is 0.497. The minimum atomic E-state index is -0.632. The Kier molecular flexibility index (Phi) is 7.23. The molecule has 5 nitrogen and oxygen atoms in total. The van der Waals surface area contributed by atoms with Crippen molar-refractivity contribution in [2.45, 2.75) is 31.7 Å². The number of likely N-dealkylation sites (N-methyl/N-ethyl adjacent to an activating group) is 1. The van der Waals surface area contributed by atoms with Crippen molar-refractivity contribution in [3.63, 3.8) is 0 Å². The standard InChI is InChI=1S/C13H26N2O3/c1-15(9-10-18-2)8-7-14-12-5-3-11(4-6-12)13(16)17/h11-12,14H,3-10H2,1-2H3,(H,16,17). The maximum absolute atomic E-state index is 10.8. The van der Waals surface area contributed by atoms with Crippen molar-refractivity contribution < 1.29 is 14.6 Å². The molecule has 5 heteroatoms. The van der Waals surface area contributed by atoms with E-state index >= 15 is 0 Å². The highest BCUT2D eigenvalue weighted by Crippen LogP contribution is 2.24. The normalized spacial score (nSPS) is 24.4. The van der Waals surface area contributed by atoms with Gasteiger partial charge >= 0.3 is 5.97 Å². The fraction of sp³-hybridized carbons (Fsp3) is 0.923. The SMILES string of the molecule is COCCN(C)CCNC1CCC(C(=O)O)CC1. The molecule has 18 heavy (non-hydrogen) atoms. The third kappa shape index (κ3) is 5.80. The van der Waals surface area contributed by atoms with E-state index in [2.05, 4.69) is 17.3 Å². The van der Waals surface area contributed by atoms with Gasteiger partial charge in [0.2, 0.25) is 0 Å². The zero-order valence-electron chi connectivity index (χ0n) is 11.5.